The fourth-order valence-corrected chi connectivity index (χ4v) is 1.77. The molecular formula is C14H17ClFNO3. The van der Waals surface area contributed by atoms with E-state index in [4.69, 9.17) is 16.3 Å². The minimum absolute atomic E-state index is 0.0512. The lowest BCUT2D eigenvalue weighted by molar-refractivity contribution is -0.154. The quantitative estimate of drug-likeness (QED) is 0.850. The van der Waals surface area contributed by atoms with Crippen molar-refractivity contribution in [3.05, 3.63) is 34.6 Å². The van der Waals surface area contributed by atoms with Gasteiger partial charge in [0.25, 0.3) is 5.91 Å². The Balaban J connectivity index is 2.62. The van der Waals surface area contributed by atoms with Gasteiger partial charge in [-0.1, -0.05) is 17.7 Å². The summed E-state index contributed by atoms with van der Waals surface area (Å²) in [5, 5.41) is 2.77. The second-order valence-corrected chi connectivity index (χ2v) is 5.08. The molecule has 0 saturated carbocycles. The largest absolute Gasteiger partial charge is 0.452 e. The van der Waals surface area contributed by atoms with Gasteiger partial charge in [-0.25, -0.2) is 4.39 Å². The van der Waals surface area contributed by atoms with Crippen molar-refractivity contribution in [2.45, 2.75) is 39.3 Å². The highest BCUT2D eigenvalue weighted by molar-refractivity contribution is 6.31. The zero-order valence-corrected chi connectivity index (χ0v) is 12.3. The van der Waals surface area contributed by atoms with Crippen molar-refractivity contribution in [1.29, 1.82) is 0 Å². The summed E-state index contributed by atoms with van der Waals surface area (Å²) >= 11 is 5.81. The zero-order chi connectivity index (χ0) is 15.3. The number of nitrogens with one attached hydrogen (secondary N) is 1. The van der Waals surface area contributed by atoms with Crippen LogP contribution in [0.5, 0.6) is 0 Å². The van der Waals surface area contributed by atoms with Crippen molar-refractivity contribution in [3.8, 4) is 0 Å². The van der Waals surface area contributed by atoms with Crippen LogP contribution in [0.1, 0.15) is 26.3 Å². The zero-order valence-electron chi connectivity index (χ0n) is 11.6. The number of carbonyl (C=O) groups excluding carboxylic acids is 2. The summed E-state index contributed by atoms with van der Waals surface area (Å²) in [6, 6.07) is 4.10. The first kappa shape index (κ1) is 16.4. The van der Waals surface area contributed by atoms with Crippen LogP contribution in [0, 0.1) is 5.82 Å². The summed E-state index contributed by atoms with van der Waals surface area (Å²) in [5.41, 5.74) is 0.0654. The maximum absolute atomic E-state index is 13.5. The number of carbonyl (C=O) groups is 2. The third kappa shape index (κ3) is 4.81. The number of halogens is 2. The second-order valence-electron chi connectivity index (χ2n) is 4.67. The molecule has 0 fully saturated rings. The van der Waals surface area contributed by atoms with Crippen LogP contribution < -0.4 is 5.32 Å². The van der Waals surface area contributed by atoms with Crippen LogP contribution in [0.15, 0.2) is 18.2 Å². The minimum atomic E-state index is -0.935. The van der Waals surface area contributed by atoms with Gasteiger partial charge in [0, 0.05) is 16.6 Å². The van der Waals surface area contributed by atoms with Gasteiger partial charge in [0.05, 0.1) is 6.42 Å². The average Bonchev–Trinajstić information content (AvgIpc) is 2.33. The summed E-state index contributed by atoms with van der Waals surface area (Å²) in [6.45, 7) is 5.05. The molecule has 6 heteroatoms. The Morgan fingerprint density at radius 2 is 2.00 bits per heavy atom. The molecule has 110 valence electrons. The molecule has 1 atom stereocenters. The summed E-state index contributed by atoms with van der Waals surface area (Å²) in [6.07, 6.45) is -1.25. The van der Waals surface area contributed by atoms with Crippen molar-refractivity contribution in [1.82, 2.24) is 5.32 Å². The van der Waals surface area contributed by atoms with Gasteiger partial charge in [0.15, 0.2) is 6.10 Å². The number of amides is 1. The van der Waals surface area contributed by atoms with Crippen molar-refractivity contribution in [2.75, 3.05) is 0 Å². The summed E-state index contributed by atoms with van der Waals surface area (Å²) in [4.78, 5) is 23.3. The lowest BCUT2D eigenvalue weighted by Crippen LogP contribution is -2.39. The van der Waals surface area contributed by atoms with E-state index in [1.807, 2.05) is 0 Å². The molecule has 4 nitrogen and oxygen atoms in total. The van der Waals surface area contributed by atoms with Gasteiger partial charge in [-0.2, -0.15) is 0 Å². The maximum atomic E-state index is 13.5. The van der Waals surface area contributed by atoms with Gasteiger partial charge in [-0.05, 0) is 32.9 Å². The highest BCUT2D eigenvalue weighted by Gasteiger charge is 2.20. The van der Waals surface area contributed by atoms with Gasteiger partial charge in [0.1, 0.15) is 5.82 Å². The molecule has 1 unspecified atom stereocenters. The fraction of sp³-hybridized carbons (Fsp3) is 0.429. The molecule has 0 heterocycles. The van der Waals surface area contributed by atoms with E-state index in [1.54, 1.807) is 13.8 Å². The maximum Gasteiger partial charge on any atom is 0.311 e. The first-order valence-electron chi connectivity index (χ1n) is 6.24. The molecule has 0 aliphatic heterocycles. The fourth-order valence-electron chi connectivity index (χ4n) is 1.54. The molecule has 0 bridgehead atoms. The van der Waals surface area contributed by atoms with E-state index in [0.717, 1.165) is 0 Å². The molecule has 1 N–H and O–H groups in total. The topological polar surface area (TPSA) is 55.4 Å². The Hall–Kier alpha value is -1.62. The van der Waals surface area contributed by atoms with E-state index in [2.05, 4.69) is 5.32 Å². The summed E-state index contributed by atoms with van der Waals surface area (Å²) < 4.78 is 18.5. The number of ether oxygens (including phenoxy) is 1. The van der Waals surface area contributed by atoms with E-state index in [0.29, 0.717) is 0 Å². The summed E-state index contributed by atoms with van der Waals surface area (Å²) in [5.74, 6) is -1.68. The number of rotatable bonds is 5. The van der Waals surface area contributed by atoms with Crippen LogP contribution in [-0.4, -0.2) is 24.0 Å². The van der Waals surface area contributed by atoms with Crippen LogP contribution >= 0.6 is 11.6 Å². The Bertz CT molecular complexity index is 485. The normalized spacial score (nSPS) is 12.1. The van der Waals surface area contributed by atoms with Crippen LogP contribution in [0.4, 0.5) is 4.39 Å². The first-order chi connectivity index (χ1) is 9.31. The van der Waals surface area contributed by atoms with Crippen molar-refractivity contribution in [2.24, 2.45) is 0 Å². The molecule has 1 aromatic carbocycles. The van der Waals surface area contributed by atoms with Gasteiger partial charge in [0.2, 0.25) is 0 Å². The molecular weight excluding hydrogens is 285 g/mol. The molecule has 0 saturated heterocycles. The smallest absolute Gasteiger partial charge is 0.311 e. The number of esters is 1. The van der Waals surface area contributed by atoms with Crippen molar-refractivity contribution in [3.63, 3.8) is 0 Å². The molecule has 1 rings (SSSR count). The standard InChI is InChI=1S/C14H17ClFNO3/c1-8(2)17-14(19)9(3)20-13(18)7-10-11(15)5-4-6-12(10)16/h4-6,8-9H,7H2,1-3H3,(H,17,19). The molecule has 1 aromatic rings. The first-order valence-corrected chi connectivity index (χ1v) is 6.61. The molecule has 0 spiro atoms. The third-order valence-corrected chi connectivity index (χ3v) is 2.85. The average molecular weight is 302 g/mol. The lowest BCUT2D eigenvalue weighted by Gasteiger charge is -2.15. The van der Waals surface area contributed by atoms with Crippen molar-refractivity contribution < 1.29 is 18.7 Å². The number of benzene rings is 1. The third-order valence-electron chi connectivity index (χ3n) is 2.49. The Labute approximate surface area is 122 Å². The SMILES string of the molecule is CC(C)NC(=O)C(C)OC(=O)Cc1c(F)cccc1Cl. The van der Waals surface area contributed by atoms with E-state index >= 15 is 0 Å². The molecule has 20 heavy (non-hydrogen) atoms. The number of hydrogen-bond donors (Lipinski definition) is 1. The van der Waals surface area contributed by atoms with E-state index in [-0.39, 0.29) is 23.0 Å². The van der Waals surface area contributed by atoms with Crippen LogP contribution in [0.25, 0.3) is 0 Å². The lowest BCUT2D eigenvalue weighted by atomic mass is 10.1. The van der Waals surface area contributed by atoms with Crippen LogP contribution in [0.3, 0.4) is 0 Å². The van der Waals surface area contributed by atoms with E-state index < -0.39 is 23.8 Å². The van der Waals surface area contributed by atoms with Crippen LogP contribution in [0.2, 0.25) is 5.02 Å². The molecule has 1 amide bonds. The summed E-state index contributed by atoms with van der Waals surface area (Å²) in [7, 11) is 0. The van der Waals surface area contributed by atoms with E-state index in [1.165, 1.54) is 25.1 Å². The Morgan fingerprint density at radius 3 is 2.55 bits per heavy atom. The predicted octanol–water partition coefficient (Wildman–Crippen LogP) is 2.48. The monoisotopic (exact) mass is 301 g/mol. The highest BCUT2D eigenvalue weighted by atomic mass is 35.5. The van der Waals surface area contributed by atoms with Gasteiger partial charge in [-0.3, -0.25) is 9.59 Å². The van der Waals surface area contributed by atoms with Crippen LogP contribution in [-0.2, 0) is 20.7 Å². The molecule has 0 aliphatic rings. The molecule has 0 radical (unpaired) electrons. The highest BCUT2D eigenvalue weighted by Crippen LogP contribution is 2.19. The van der Waals surface area contributed by atoms with Crippen molar-refractivity contribution >= 4 is 23.5 Å². The Kier molecular flexibility index (Phi) is 5.95. The predicted molar refractivity (Wildman–Crippen MR) is 73.9 cm³/mol. The van der Waals surface area contributed by atoms with Gasteiger partial charge >= 0.3 is 5.97 Å². The van der Waals surface area contributed by atoms with Gasteiger partial charge < -0.3 is 10.1 Å². The second kappa shape index (κ2) is 7.24. The Morgan fingerprint density at radius 1 is 1.35 bits per heavy atom. The minimum Gasteiger partial charge on any atom is -0.452 e. The number of hydrogen-bond acceptors (Lipinski definition) is 3. The van der Waals surface area contributed by atoms with Gasteiger partial charge in [-0.15, -0.1) is 0 Å². The molecule has 0 aromatic heterocycles. The molecule has 0 aliphatic carbocycles. The van der Waals surface area contributed by atoms with E-state index in [9.17, 15) is 14.0 Å².